The van der Waals surface area contributed by atoms with Crippen LogP contribution in [-0.4, -0.2) is 16.9 Å². The SMILES string of the molecule is Cc1cccnc1C(NC(=O)C1Cc2cccc(C)c2N1)C1CC1. The quantitative estimate of drug-likeness (QED) is 0.908. The number of amides is 1. The summed E-state index contributed by atoms with van der Waals surface area (Å²) in [6, 6.07) is 10.1. The van der Waals surface area contributed by atoms with Crippen molar-refractivity contribution in [3.05, 3.63) is 58.9 Å². The molecule has 2 N–H and O–H groups in total. The fraction of sp³-hybridized carbons (Fsp3) is 0.400. The second kappa shape index (κ2) is 5.93. The van der Waals surface area contributed by atoms with Gasteiger partial charge in [0.25, 0.3) is 0 Å². The predicted molar refractivity (Wildman–Crippen MR) is 94.9 cm³/mol. The first-order valence-corrected chi connectivity index (χ1v) is 8.70. The van der Waals surface area contributed by atoms with Crippen LogP contribution in [0.5, 0.6) is 0 Å². The molecule has 1 saturated carbocycles. The molecule has 4 rings (SSSR count). The highest BCUT2D eigenvalue weighted by atomic mass is 16.2. The molecule has 2 heterocycles. The normalized spacial score (nSPS) is 20.2. The maximum atomic E-state index is 12.9. The summed E-state index contributed by atoms with van der Waals surface area (Å²) in [5, 5.41) is 6.67. The van der Waals surface area contributed by atoms with Crippen molar-refractivity contribution >= 4 is 11.6 Å². The molecule has 2 aromatic rings. The topological polar surface area (TPSA) is 54.0 Å². The van der Waals surface area contributed by atoms with Crippen LogP contribution < -0.4 is 10.6 Å². The van der Waals surface area contributed by atoms with Gasteiger partial charge in [0.05, 0.1) is 11.7 Å². The lowest BCUT2D eigenvalue weighted by molar-refractivity contribution is -0.122. The lowest BCUT2D eigenvalue weighted by Gasteiger charge is -2.22. The Labute approximate surface area is 142 Å². The zero-order valence-electron chi connectivity index (χ0n) is 14.2. The molecule has 0 radical (unpaired) electrons. The Morgan fingerprint density at radius 2 is 2.00 bits per heavy atom. The van der Waals surface area contributed by atoms with E-state index in [9.17, 15) is 4.79 Å². The summed E-state index contributed by atoms with van der Waals surface area (Å²) >= 11 is 0. The van der Waals surface area contributed by atoms with E-state index in [1.165, 1.54) is 24.0 Å². The Bertz CT molecular complexity index is 782. The van der Waals surface area contributed by atoms with Crippen LogP contribution in [0.15, 0.2) is 36.5 Å². The maximum Gasteiger partial charge on any atom is 0.243 e. The van der Waals surface area contributed by atoms with Crippen molar-refractivity contribution in [3.63, 3.8) is 0 Å². The third kappa shape index (κ3) is 2.77. The minimum absolute atomic E-state index is 0.0327. The minimum Gasteiger partial charge on any atom is -0.373 e. The predicted octanol–water partition coefficient (Wildman–Crippen LogP) is 3.30. The molecule has 2 aliphatic rings. The molecule has 1 aliphatic heterocycles. The highest BCUT2D eigenvalue weighted by Crippen LogP contribution is 2.41. The molecule has 1 fully saturated rings. The van der Waals surface area contributed by atoms with E-state index in [1.807, 2.05) is 12.3 Å². The van der Waals surface area contributed by atoms with Gasteiger partial charge in [-0.2, -0.15) is 0 Å². The van der Waals surface area contributed by atoms with Gasteiger partial charge in [0.2, 0.25) is 5.91 Å². The van der Waals surface area contributed by atoms with Gasteiger partial charge in [-0.15, -0.1) is 0 Å². The van der Waals surface area contributed by atoms with Crippen molar-refractivity contribution in [2.75, 3.05) is 5.32 Å². The summed E-state index contributed by atoms with van der Waals surface area (Å²) in [6.07, 6.45) is 4.90. The number of carbonyl (C=O) groups excluding carboxylic acids is 1. The molecule has 0 saturated heterocycles. The molecule has 2 atom stereocenters. The second-order valence-corrected chi connectivity index (χ2v) is 7.04. The summed E-state index contributed by atoms with van der Waals surface area (Å²) in [7, 11) is 0. The lowest BCUT2D eigenvalue weighted by atomic mass is 10.0. The van der Waals surface area contributed by atoms with E-state index in [2.05, 4.69) is 53.7 Å². The van der Waals surface area contributed by atoms with Gasteiger partial charge in [0, 0.05) is 18.3 Å². The number of carbonyl (C=O) groups is 1. The van der Waals surface area contributed by atoms with Crippen LogP contribution >= 0.6 is 0 Å². The Morgan fingerprint density at radius 1 is 1.21 bits per heavy atom. The number of hydrogen-bond donors (Lipinski definition) is 2. The monoisotopic (exact) mass is 321 g/mol. The molecule has 2 unspecified atom stereocenters. The Kier molecular flexibility index (Phi) is 3.75. The summed E-state index contributed by atoms with van der Waals surface area (Å²) < 4.78 is 0. The number of anilines is 1. The van der Waals surface area contributed by atoms with Gasteiger partial charge >= 0.3 is 0 Å². The van der Waals surface area contributed by atoms with Gasteiger partial charge in [-0.3, -0.25) is 9.78 Å². The van der Waals surface area contributed by atoms with Gasteiger partial charge in [-0.25, -0.2) is 0 Å². The number of rotatable bonds is 4. The standard InChI is InChI=1S/C20H23N3O/c1-12-5-3-7-15-11-16(22-17(12)15)20(24)23-19(14-8-9-14)18-13(2)6-4-10-21-18/h3-7,10,14,16,19,22H,8-9,11H2,1-2H3,(H,23,24). The zero-order chi connectivity index (χ0) is 16.7. The molecule has 1 aromatic carbocycles. The molecule has 1 aliphatic carbocycles. The Morgan fingerprint density at radius 3 is 2.71 bits per heavy atom. The first-order chi connectivity index (χ1) is 11.6. The van der Waals surface area contributed by atoms with E-state index in [-0.39, 0.29) is 18.0 Å². The number of benzene rings is 1. The average Bonchev–Trinajstić information content (AvgIpc) is 3.31. The van der Waals surface area contributed by atoms with Crippen LogP contribution in [0.4, 0.5) is 5.69 Å². The van der Waals surface area contributed by atoms with E-state index in [1.54, 1.807) is 0 Å². The highest BCUT2D eigenvalue weighted by Gasteiger charge is 2.37. The number of fused-ring (bicyclic) bond motifs is 1. The number of aromatic nitrogens is 1. The maximum absolute atomic E-state index is 12.9. The zero-order valence-corrected chi connectivity index (χ0v) is 14.2. The minimum atomic E-state index is -0.189. The number of nitrogens with one attached hydrogen (secondary N) is 2. The Balaban J connectivity index is 1.51. The number of para-hydroxylation sites is 1. The van der Waals surface area contributed by atoms with E-state index in [4.69, 9.17) is 0 Å². The molecule has 1 amide bonds. The molecule has 4 heteroatoms. The van der Waals surface area contributed by atoms with E-state index in [0.29, 0.717) is 5.92 Å². The number of hydrogen-bond acceptors (Lipinski definition) is 3. The largest absolute Gasteiger partial charge is 0.373 e. The molecular formula is C20H23N3O. The van der Waals surface area contributed by atoms with Crippen molar-refractivity contribution in [2.24, 2.45) is 5.92 Å². The lowest BCUT2D eigenvalue weighted by Crippen LogP contribution is -2.41. The summed E-state index contributed by atoms with van der Waals surface area (Å²) in [5.74, 6) is 0.598. The summed E-state index contributed by atoms with van der Waals surface area (Å²) in [4.78, 5) is 17.4. The van der Waals surface area contributed by atoms with E-state index >= 15 is 0 Å². The van der Waals surface area contributed by atoms with Crippen molar-refractivity contribution in [1.29, 1.82) is 0 Å². The third-order valence-electron chi connectivity index (χ3n) is 5.15. The van der Waals surface area contributed by atoms with Crippen LogP contribution in [-0.2, 0) is 11.2 Å². The Hall–Kier alpha value is -2.36. The highest BCUT2D eigenvalue weighted by molar-refractivity contribution is 5.88. The van der Waals surface area contributed by atoms with Crippen LogP contribution in [0.1, 0.15) is 41.3 Å². The van der Waals surface area contributed by atoms with Crippen LogP contribution in [0, 0.1) is 19.8 Å². The van der Waals surface area contributed by atoms with Crippen LogP contribution in [0.3, 0.4) is 0 Å². The molecule has 0 spiro atoms. The van der Waals surface area contributed by atoms with Gasteiger partial charge in [-0.1, -0.05) is 24.3 Å². The summed E-state index contributed by atoms with van der Waals surface area (Å²) in [5.41, 5.74) is 5.71. The summed E-state index contributed by atoms with van der Waals surface area (Å²) in [6.45, 7) is 4.15. The van der Waals surface area contributed by atoms with E-state index in [0.717, 1.165) is 23.4 Å². The molecule has 124 valence electrons. The molecule has 0 bridgehead atoms. The van der Waals surface area contributed by atoms with Crippen LogP contribution in [0.2, 0.25) is 0 Å². The second-order valence-electron chi connectivity index (χ2n) is 7.04. The van der Waals surface area contributed by atoms with Crippen molar-refractivity contribution in [3.8, 4) is 0 Å². The first kappa shape index (κ1) is 15.2. The van der Waals surface area contributed by atoms with E-state index < -0.39 is 0 Å². The van der Waals surface area contributed by atoms with Crippen molar-refractivity contribution < 1.29 is 4.79 Å². The number of pyridine rings is 1. The molecule has 24 heavy (non-hydrogen) atoms. The van der Waals surface area contributed by atoms with Gasteiger partial charge in [0.15, 0.2) is 0 Å². The fourth-order valence-corrected chi connectivity index (χ4v) is 3.62. The molecule has 4 nitrogen and oxygen atoms in total. The van der Waals surface area contributed by atoms with Crippen LogP contribution in [0.25, 0.3) is 0 Å². The number of aryl methyl sites for hydroxylation is 2. The smallest absolute Gasteiger partial charge is 0.243 e. The fourth-order valence-electron chi connectivity index (χ4n) is 3.62. The first-order valence-electron chi connectivity index (χ1n) is 8.70. The van der Waals surface area contributed by atoms with Gasteiger partial charge < -0.3 is 10.6 Å². The van der Waals surface area contributed by atoms with Gasteiger partial charge in [0.1, 0.15) is 6.04 Å². The molecular weight excluding hydrogens is 298 g/mol. The third-order valence-corrected chi connectivity index (χ3v) is 5.15. The molecule has 1 aromatic heterocycles. The van der Waals surface area contributed by atoms with Gasteiger partial charge in [-0.05, 0) is 55.4 Å². The average molecular weight is 321 g/mol. The van der Waals surface area contributed by atoms with Crippen molar-refractivity contribution in [1.82, 2.24) is 10.3 Å². The number of nitrogens with zero attached hydrogens (tertiary/aromatic N) is 1. The van der Waals surface area contributed by atoms with Crippen molar-refractivity contribution in [2.45, 2.75) is 45.2 Å².